The van der Waals surface area contributed by atoms with Gasteiger partial charge in [0.15, 0.2) is 0 Å². The topological polar surface area (TPSA) is 44.4 Å². The van der Waals surface area contributed by atoms with Crippen LogP contribution in [0, 0.1) is 5.92 Å². The third-order valence-electron chi connectivity index (χ3n) is 4.28. The fraction of sp³-hybridized carbons (Fsp3) is 0.933. The minimum atomic E-state index is 0.0137. The highest BCUT2D eigenvalue weighted by atomic mass is 16.2. The quantitative estimate of drug-likeness (QED) is 0.738. The molecule has 1 aliphatic rings. The number of nitrogens with zero attached hydrogens (tertiary/aromatic N) is 1. The molecule has 1 aliphatic heterocycles. The normalized spacial score (nSPS) is 21.1. The van der Waals surface area contributed by atoms with Gasteiger partial charge in [0, 0.05) is 12.6 Å². The van der Waals surface area contributed by atoms with Crippen molar-refractivity contribution in [3.63, 3.8) is 0 Å². The first kappa shape index (κ1) is 16.4. The minimum absolute atomic E-state index is 0.0137. The van der Waals surface area contributed by atoms with Crippen LogP contribution in [0.4, 0.5) is 0 Å². The Morgan fingerprint density at radius 2 is 1.89 bits per heavy atom. The van der Waals surface area contributed by atoms with Gasteiger partial charge in [-0.15, -0.1) is 0 Å². The van der Waals surface area contributed by atoms with Gasteiger partial charge in [0.1, 0.15) is 0 Å². The highest BCUT2D eigenvalue weighted by Crippen LogP contribution is 2.22. The van der Waals surface area contributed by atoms with Crippen molar-refractivity contribution in [2.45, 2.75) is 59.0 Å². The fourth-order valence-electron chi connectivity index (χ4n) is 2.83. The van der Waals surface area contributed by atoms with E-state index in [4.69, 9.17) is 0 Å². The third kappa shape index (κ3) is 5.11. The molecule has 2 atom stereocenters. The summed E-state index contributed by atoms with van der Waals surface area (Å²) in [5.41, 5.74) is 0. The van der Waals surface area contributed by atoms with Crippen molar-refractivity contribution in [3.05, 3.63) is 0 Å². The van der Waals surface area contributed by atoms with Crippen LogP contribution in [-0.4, -0.2) is 49.1 Å². The summed E-state index contributed by atoms with van der Waals surface area (Å²) in [6.45, 7) is 12.4. The van der Waals surface area contributed by atoms with Gasteiger partial charge in [-0.1, -0.05) is 6.92 Å². The van der Waals surface area contributed by atoms with Gasteiger partial charge < -0.3 is 10.6 Å². The molecule has 112 valence electrons. The largest absolute Gasteiger partial charge is 0.355 e. The van der Waals surface area contributed by atoms with Crippen molar-refractivity contribution in [1.82, 2.24) is 15.5 Å². The summed E-state index contributed by atoms with van der Waals surface area (Å²) in [6, 6.07) is 0.613. The van der Waals surface area contributed by atoms with Crippen molar-refractivity contribution in [3.8, 4) is 0 Å². The molecule has 4 nitrogen and oxygen atoms in total. The van der Waals surface area contributed by atoms with Gasteiger partial charge in [0.25, 0.3) is 0 Å². The molecule has 0 aromatic heterocycles. The lowest BCUT2D eigenvalue weighted by molar-refractivity contribution is -0.126. The summed E-state index contributed by atoms with van der Waals surface area (Å²) >= 11 is 0. The van der Waals surface area contributed by atoms with Gasteiger partial charge in [0.2, 0.25) is 5.91 Å². The van der Waals surface area contributed by atoms with Crippen molar-refractivity contribution in [1.29, 1.82) is 0 Å². The average molecular weight is 269 g/mol. The summed E-state index contributed by atoms with van der Waals surface area (Å²) in [5, 5.41) is 6.50. The molecule has 1 rings (SSSR count). The first-order valence-electron chi connectivity index (χ1n) is 7.85. The van der Waals surface area contributed by atoms with Crippen LogP contribution in [0.25, 0.3) is 0 Å². The van der Waals surface area contributed by atoms with Crippen LogP contribution in [0.5, 0.6) is 0 Å². The van der Waals surface area contributed by atoms with E-state index in [-0.39, 0.29) is 11.9 Å². The first-order chi connectivity index (χ1) is 9.10. The second-order valence-electron chi connectivity index (χ2n) is 5.69. The lowest BCUT2D eigenvalue weighted by atomic mass is 9.89. The maximum Gasteiger partial charge on any atom is 0.237 e. The van der Waals surface area contributed by atoms with E-state index in [9.17, 15) is 4.79 Å². The predicted octanol–water partition coefficient (Wildman–Crippen LogP) is 1.61. The van der Waals surface area contributed by atoms with Crippen LogP contribution >= 0.6 is 0 Å². The zero-order valence-corrected chi connectivity index (χ0v) is 13.0. The summed E-state index contributed by atoms with van der Waals surface area (Å²) in [5.74, 6) is 0.919. The fourth-order valence-corrected chi connectivity index (χ4v) is 2.83. The number of amides is 1. The molecule has 0 saturated carbocycles. The van der Waals surface area contributed by atoms with E-state index in [1.54, 1.807) is 0 Å². The van der Waals surface area contributed by atoms with Crippen molar-refractivity contribution >= 4 is 5.91 Å². The van der Waals surface area contributed by atoms with Crippen LogP contribution in [0.15, 0.2) is 0 Å². The number of nitrogens with one attached hydrogen (secondary N) is 2. The second-order valence-corrected chi connectivity index (χ2v) is 5.69. The van der Waals surface area contributed by atoms with Crippen molar-refractivity contribution in [2.75, 3.05) is 26.2 Å². The monoisotopic (exact) mass is 269 g/mol. The number of hydrogen-bond acceptors (Lipinski definition) is 3. The van der Waals surface area contributed by atoms with E-state index < -0.39 is 0 Å². The molecular formula is C15H31N3O. The molecule has 2 unspecified atom stereocenters. The molecule has 1 saturated heterocycles. The van der Waals surface area contributed by atoms with Crippen LogP contribution in [-0.2, 0) is 4.79 Å². The Morgan fingerprint density at radius 1 is 1.26 bits per heavy atom. The number of hydrogen-bond donors (Lipinski definition) is 2. The van der Waals surface area contributed by atoms with E-state index in [1.807, 2.05) is 13.8 Å². The Bertz CT molecular complexity index is 262. The molecule has 1 heterocycles. The lowest BCUT2D eigenvalue weighted by Gasteiger charge is -2.37. The maximum absolute atomic E-state index is 11.8. The van der Waals surface area contributed by atoms with Gasteiger partial charge in [-0.25, -0.2) is 0 Å². The van der Waals surface area contributed by atoms with E-state index >= 15 is 0 Å². The predicted molar refractivity (Wildman–Crippen MR) is 80.2 cm³/mol. The Kier molecular flexibility index (Phi) is 7.39. The Balaban J connectivity index is 2.33. The number of carbonyl (C=O) groups is 1. The number of piperidine rings is 1. The maximum atomic E-state index is 11.8. The zero-order chi connectivity index (χ0) is 14.3. The highest BCUT2D eigenvalue weighted by Gasteiger charge is 2.28. The molecule has 0 aromatic rings. The molecule has 0 aliphatic carbocycles. The first-order valence-corrected chi connectivity index (χ1v) is 7.85. The molecule has 0 spiro atoms. The summed E-state index contributed by atoms with van der Waals surface area (Å²) in [6.07, 6.45) is 3.58. The molecular weight excluding hydrogens is 238 g/mol. The summed E-state index contributed by atoms with van der Waals surface area (Å²) in [4.78, 5) is 14.1. The van der Waals surface area contributed by atoms with Crippen molar-refractivity contribution in [2.24, 2.45) is 5.92 Å². The van der Waals surface area contributed by atoms with E-state index in [0.717, 1.165) is 32.1 Å². The van der Waals surface area contributed by atoms with E-state index in [0.29, 0.717) is 6.04 Å². The van der Waals surface area contributed by atoms with E-state index in [2.05, 4.69) is 29.4 Å². The molecule has 1 amide bonds. The van der Waals surface area contributed by atoms with Crippen LogP contribution in [0.3, 0.4) is 0 Å². The number of likely N-dealkylation sites (N-methyl/N-ethyl adjacent to an activating group) is 1. The number of carbonyl (C=O) groups excluding carboxylic acids is 1. The standard InChI is InChI=1S/C15H31N3O/c1-5-9-17-12(3)14-7-10-18(11-8-14)13(4)15(19)16-6-2/h12-14,17H,5-11H2,1-4H3,(H,16,19). The minimum Gasteiger partial charge on any atom is -0.355 e. The molecule has 19 heavy (non-hydrogen) atoms. The molecule has 1 fully saturated rings. The van der Waals surface area contributed by atoms with Gasteiger partial charge in [-0.3, -0.25) is 9.69 Å². The molecule has 0 radical (unpaired) electrons. The zero-order valence-electron chi connectivity index (χ0n) is 13.0. The van der Waals surface area contributed by atoms with Gasteiger partial charge in [-0.2, -0.15) is 0 Å². The smallest absolute Gasteiger partial charge is 0.237 e. The van der Waals surface area contributed by atoms with Gasteiger partial charge >= 0.3 is 0 Å². The SMILES string of the molecule is CCCNC(C)C1CCN(C(C)C(=O)NCC)CC1. The number of likely N-dealkylation sites (tertiary alicyclic amines) is 1. The van der Waals surface area contributed by atoms with Crippen LogP contribution in [0.2, 0.25) is 0 Å². The third-order valence-corrected chi connectivity index (χ3v) is 4.28. The van der Waals surface area contributed by atoms with Crippen LogP contribution < -0.4 is 10.6 Å². The lowest BCUT2D eigenvalue weighted by Crippen LogP contribution is -2.50. The van der Waals surface area contributed by atoms with Gasteiger partial charge in [-0.05, 0) is 65.6 Å². The Hall–Kier alpha value is -0.610. The second kappa shape index (κ2) is 8.54. The average Bonchev–Trinajstić information content (AvgIpc) is 2.44. The summed E-state index contributed by atoms with van der Waals surface area (Å²) in [7, 11) is 0. The molecule has 0 bridgehead atoms. The highest BCUT2D eigenvalue weighted by molar-refractivity contribution is 5.81. The van der Waals surface area contributed by atoms with Crippen LogP contribution in [0.1, 0.15) is 47.0 Å². The molecule has 4 heteroatoms. The number of rotatable bonds is 7. The van der Waals surface area contributed by atoms with Gasteiger partial charge in [0.05, 0.1) is 6.04 Å². The Morgan fingerprint density at radius 3 is 2.42 bits per heavy atom. The Labute approximate surface area is 118 Å². The molecule has 0 aromatic carbocycles. The van der Waals surface area contributed by atoms with E-state index in [1.165, 1.54) is 19.3 Å². The summed E-state index contributed by atoms with van der Waals surface area (Å²) < 4.78 is 0. The van der Waals surface area contributed by atoms with Crippen molar-refractivity contribution < 1.29 is 4.79 Å². The molecule has 2 N–H and O–H groups in total.